The van der Waals surface area contributed by atoms with Crippen molar-refractivity contribution in [3.63, 3.8) is 0 Å². The number of hydrogen-bond donors (Lipinski definition) is 2. The molecule has 0 radical (unpaired) electrons. The van der Waals surface area contributed by atoms with Crippen LogP contribution in [0.2, 0.25) is 0 Å². The lowest BCUT2D eigenvalue weighted by molar-refractivity contribution is -0.384. The van der Waals surface area contributed by atoms with E-state index in [4.69, 9.17) is 0 Å². The number of amides is 1. The van der Waals surface area contributed by atoms with Crippen LogP contribution < -0.4 is 10.6 Å². The van der Waals surface area contributed by atoms with Crippen LogP contribution in [0.5, 0.6) is 0 Å². The molecule has 1 heterocycles. The zero-order chi connectivity index (χ0) is 15.2. The van der Waals surface area contributed by atoms with Gasteiger partial charge in [0.2, 0.25) is 0 Å². The van der Waals surface area contributed by atoms with E-state index in [0.29, 0.717) is 13.1 Å². The molecule has 9 nitrogen and oxygen atoms in total. The van der Waals surface area contributed by atoms with Gasteiger partial charge in [-0.3, -0.25) is 14.9 Å². The second-order valence-corrected chi connectivity index (χ2v) is 4.16. The van der Waals surface area contributed by atoms with Crippen molar-refractivity contribution in [3.05, 3.63) is 46.5 Å². The predicted molar refractivity (Wildman–Crippen MR) is 74.3 cm³/mol. The first-order valence-corrected chi connectivity index (χ1v) is 6.19. The Kier molecular flexibility index (Phi) is 4.57. The van der Waals surface area contributed by atoms with Gasteiger partial charge in [0.05, 0.1) is 4.92 Å². The van der Waals surface area contributed by atoms with Crippen LogP contribution in [-0.4, -0.2) is 45.7 Å². The van der Waals surface area contributed by atoms with Crippen molar-refractivity contribution in [3.8, 4) is 5.69 Å². The monoisotopic (exact) mass is 290 g/mol. The van der Waals surface area contributed by atoms with Gasteiger partial charge in [0, 0.05) is 24.7 Å². The van der Waals surface area contributed by atoms with Gasteiger partial charge in [-0.1, -0.05) is 0 Å². The molecule has 21 heavy (non-hydrogen) atoms. The van der Waals surface area contributed by atoms with E-state index in [1.807, 2.05) is 0 Å². The Bertz CT molecular complexity index is 640. The number of rotatable bonds is 6. The van der Waals surface area contributed by atoms with Gasteiger partial charge in [-0.05, 0) is 19.2 Å². The maximum atomic E-state index is 11.9. The molecule has 0 spiro atoms. The summed E-state index contributed by atoms with van der Waals surface area (Å²) in [5, 5.41) is 20.6. The van der Waals surface area contributed by atoms with Crippen LogP contribution in [-0.2, 0) is 0 Å². The average Bonchev–Trinajstić information content (AvgIpc) is 3.00. The van der Waals surface area contributed by atoms with Gasteiger partial charge in [-0.2, -0.15) is 5.10 Å². The zero-order valence-electron chi connectivity index (χ0n) is 11.3. The molecule has 0 bridgehead atoms. The molecule has 0 unspecified atom stereocenters. The molecule has 0 aliphatic carbocycles. The highest BCUT2D eigenvalue weighted by Crippen LogP contribution is 2.23. The largest absolute Gasteiger partial charge is 0.351 e. The van der Waals surface area contributed by atoms with Crippen LogP contribution in [0.15, 0.2) is 30.9 Å². The number of carbonyl (C=O) groups is 1. The van der Waals surface area contributed by atoms with Crippen molar-refractivity contribution >= 4 is 11.6 Å². The van der Waals surface area contributed by atoms with E-state index in [0.717, 1.165) is 0 Å². The predicted octanol–water partition coefficient (Wildman–Crippen LogP) is 0.125. The summed E-state index contributed by atoms with van der Waals surface area (Å²) in [6.45, 7) is 1.05. The minimum atomic E-state index is -0.554. The van der Waals surface area contributed by atoms with Gasteiger partial charge < -0.3 is 10.6 Å². The molecule has 2 aromatic rings. The molecule has 2 N–H and O–H groups in total. The van der Waals surface area contributed by atoms with E-state index >= 15 is 0 Å². The highest BCUT2D eigenvalue weighted by atomic mass is 16.6. The fraction of sp³-hybridized carbons (Fsp3) is 0.250. The van der Waals surface area contributed by atoms with Gasteiger partial charge in [-0.15, -0.1) is 0 Å². The Morgan fingerprint density at radius 3 is 2.86 bits per heavy atom. The lowest BCUT2D eigenvalue weighted by Gasteiger charge is -2.07. The first-order chi connectivity index (χ1) is 10.1. The summed E-state index contributed by atoms with van der Waals surface area (Å²) < 4.78 is 1.28. The number of carbonyl (C=O) groups excluding carboxylic acids is 1. The molecule has 0 atom stereocenters. The Balaban J connectivity index is 2.28. The summed E-state index contributed by atoms with van der Waals surface area (Å²) in [5.74, 6) is -0.363. The van der Waals surface area contributed by atoms with Crippen LogP contribution in [0, 0.1) is 10.1 Å². The van der Waals surface area contributed by atoms with E-state index in [9.17, 15) is 14.9 Å². The van der Waals surface area contributed by atoms with Crippen LogP contribution >= 0.6 is 0 Å². The summed E-state index contributed by atoms with van der Waals surface area (Å²) >= 11 is 0. The quantitative estimate of drug-likeness (QED) is 0.444. The molecular weight excluding hydrogens is 276 g/mol. The van der Waals surface area contributed by atoms with E-state index < -0.39 is 4.92 Å². The number of nitrogens with one attached hydrogen (secondary N) is 2. The summed E-state index contributed by atoms with van der Waals surface area (Å²) in [7, 11) is 1.77. The van der Waals surface area contributed by atoms with Crippen molar-refractivity contribution in [2.24, 2.45) is 0 Å². The molecule has 2 rings (SSSR count). The molecule has 9 heteroatoms. The van der Waals surface area contributed by atoms with E-state index in [2.05, 4.69) is 20.7 Å². The summed E-state index contributed by atoms with van der Waals surface area (Å²) in [4.78, 5) is 26.2. The van der Waals surface area contributed by atoms with Crippen LogP contribution in [0.4, 0.5) is 5.69 Å². The Morgan fingerprint density at radius 2 is 2.24 bits per heavy atom. The van der Waals surface area contributed by atoms with Crippen LogP contribution in [0.1, 0.15) is 10.4 Å². The van der Waals surface area contributed by atoms with Gasteiger partial charge in [-0.25, -0.2) is 9.67 Å². The van der Waals surface area contributed by atoms with Crippen molar-refractivity contribution in [2.45, 2.75) is 0 Å². The van der Waals surface area contributed by atoms with Crippen molar-refractivity contribution in [1.82, 2.24) is 25.4 Å². The minimum Gasteiger partial charge on any atom is -0.351 e. The zero-order valence-corrected chi connectivity index (χ0v) is 11.3. The van der Waals surface area contributed by atoms with Crippen molar-refractivity contribution < 1.29 is 9.72 Å². The van der Waals surface area contributed by atoms with Gasteiger partial charge >= 0.3 is 0 Å². The third-order valence-electron chi connectivity index (χ3n) is 2.76. The summed E-state index contributed by atoms with van der Waals surface area (Å²) in [6, 6.07) is 4.21. The molecule has 0 saturated heterocycles. The van der Waals surface area contributed by atoms with Crippen LogP contribution in [0.25, 0.3) is 5.69 Å². The maximum absolute atomic E-state index is 11.9. The SMILES string of the molecule is CNCCNC(=O)c1ccc(-n2cncn2)c([N+](=O)[O-])c1. The molecule has 0 aliphatic rings. The first-order valence-electron chi connectivity index (χ1n) is 6.19. The van der Waals surface area contributed by atoms with Gasteiger partial charge in [0.1, 0.15) is 18.3 Å². The molecule has 1 amide bonds. The normalized spacial score (nSPS) is 10.3. The average molecular weight is 290 g/mol. The van der Waals surface area contributed by atoms with E-state index in [-0.39, 0.29) is 22.8 Å². The van der Waals surface area contributed by atoms with Gasteiger partial charge in [0.25, 0.3) is 11.6 Å². The molecule has 110 valence electrons. The number of benzene rings is 1. The molecule has 0 saturated carbocycles. The highest BCUT2D eigenvalue weighted by molar-refractivity contribution is 5.95. The van der Waals surface area contributed by atoms with Crippen LogP contribution in [0.3, 0.4) is 0 Å². The highest BCUT2D eigenvalue weighted by Gasteiger charge is 2.19. The fourth-order valence-corrected chi connectivity index (χ4v) is 1.74. The molecule has 0 aliphatic heterocycles. The Labute approximate surface area is 120 Å². The second-order valence-electron chi connectivity index (χ2n) is 4.16. The fourth-order valence-electron chi connectivity index (χ4n) is 1.74. The first kappa shape index (κ1) is 14.6. The van der Waals surface area contributed by atoms with Crippen molar-refractivity contribution in [2.75, 3.05) is 20.1 Å². The van der Waals surface area contributed by atoms with E-state index in [1.165, 1.54) is 35.5 Å². The second kappa shape index (κ2) is 6.57. The molecule has 1 aromatic heterocycles. The number of nitrogens with zero attached hydrogens (tertiary/aromatic N) is 4. The number of nitro groups is 1. The number of aromatic nitrogens is 3. The summed E-state index contributed by atoms with van der Waals surface area (Å²) in [6.07, 6.45) is 2.64. The Hall–Kier alpha value is -2.81. The topological polar surface area (TPSA) is 115 Å². The van der Waals surface area contributed by atoms with Gasteiger partial charge in [0.15, 0.2) is 0 Å². The minimum absolute atomic E-state index is 0.207. The summed E-state index contributed by atoms with van der Waals surface area (Å²) in [5.41, 5.74) is 0.271. The lowest BCUT2D eigenvalue weighted by Crippen LogP contribution is -2.30. The maximum Gasteiger partial charge on any atom is 0.295 e. The van der Waals surface area contributed by atoms with Crippen molar-refractivity contribution in [1.29, 1.82) is 0 Å². The number of hydrogen-bond acceptors (Lipinski definition) is 6. The smallest absolute Gasteiger partial charge is 0.295 e. The Morgan fingerprint density at radius 1 is 1.43 bits per heavy atom. The lowest BCUT2D eigenvalue weighted by atomic mass is 10.1. The standard InChI is InChI=1S/C12H14N6O3/c1-13-4-5-15-12(19)9-2-3-10(11(6-9)18(20)21)17-8-14-7-16-17/h2-3,6-8,13H,4-5H2,1H3,(H,15,19). The third-order valence-corrected chi connectivity index (χ3v) is 2.76. The molecule has 1 aromatic carbocycles. The van der Waals surface area contributed by atoms with E-state index in [1.54, 1.807) is 7.05 Å². The number of nitro benzene ring substituents is 1. The number of likely N-dealkylation sites (N-methyl/N-ethyl adjacent to an activating group) is 1. The third kappa shape index (κ3) is 3.39. The molecular formula is C12H14N6O3. The molecule has 0 fully saturated rings.